The van der Waals surface area contributed by atoms with Crippen LogP contribution in [0.2, 0.25) is 5.02 Å². The van der Waals surface area contributed by atoms with Crippen LogP contribution in [-0.4, -0.2) is 87.4 Å². The summed E-state index contributed by atoms with van der Waals surface area (Å²) in [6.45, 7) is 8.46. The number of nitrogens with zero attached hydrogens (tertiary/aromatic N) is 2. The predicted molar refractivity (Wildman–Crippen MR) is 183 cm³/mol. The van der Waals surface area contributed by atoms with Gasteiger partial charge in [0.05, 0.1) is 35.3 Å². The van der Waals surface area contributed by atoms with E-state index in [4.69, 9.17) is 21.1 Å². The van der Waals surface area contributed by atoms with E-state index >= 15 is 0 Å². The van der Waals surface area contributed by atoms with Crippen molar-refractivity contribution >= 4 is 33.2 Å². The molecule has 1 saturated carbocycles. The van der Waals surface area contributed by atoms with E-state index in [1.165, 1.54) is 62.4 Å². The van der Waals surface area contributed by atoms with Crippen LogP contribution in [0.5, 0.6) is 5.75 Å². The summed E-state index contributed by atoms with van der Waals surface area (Å²) < 4.78 is 41.7. The quantitative estimate of drug-likeness (QED) is 0.314. The van der Waals surface area contributed by atoms with E-state index in [0.29, 0.717) is 29.8 Å². The number of likely N-dealkylation sites (N-methyl/N-ethyl adjacent to an activating group) is 1. The first-order valence-corrected chi connectivity index (χ1v) is 18.6. The smallest absolute Gasteiger partial charge is 0.261 e. The third-order valence-electron chi connectivity index (χ3n) is 9.21. The molecule has 0 unspecified atom stereocenters. The molecular formula is C35H52ClN3O6S. The zero-order valence-electron chi connectivity index (χ0n) is 27.8. The van der Waals surface area contributed by atoms with Crippen molar-refractivity contribution in [3.8, 4) is 5.75 Å². The molecule has 1 aliphatic carbocycles. The van der Waals surface area contributed by atoms with Crippen LogP contribution in [0.1, 0.15) is 82.5 Å². The van der Waals surface area contributed by atoms with Gasteiger partial charge in [-0.3, -0.25) is 9.52 Å². The highest BCUT2D eigenvalue weighted by molar-refractivity contribution is 7.92. The zero-order valence-corrected chi connectivity index (χ0v) is 29.4. The SMILES string of the molecule is C[C@@H]1CN([C@@H](C)CO)C(=O)c2cc(NS(=O)(=O)c3ccc(Cl)cc3)ccc2O[C@@H](C)CCCCO[C@@H]1CN(C)CC1CCCCC1. The van der Waals surface area contributed by atoms with Crippen molar-refractivity contribution in [3.05, 3.63) is 53.1 Å². The van der Waals surface area contributed by atoms with Crippen molar-refractivity contribution < 1.29 is 27.8 Å². The van der Waals surface area contributed by atoms with Crippen molar-refractivity contribution in [1.29, 1.82) is 0 Å². The molecule has 1 aliphatic heterocycles. The highest BCUT2D eigenvalue weighted by atomic mass is 35.5. The minimum absolute atomic E-state index is 0.0235. The lowest BCUT2D eigenvalue weighted by Gasteiger charge is -2.36. The molecule has 11 heteroatoms. The minimum Gasteiger partial charge on any atom is -0.490 e. The van der Waals surface area contributed by atoms with Gasteiger partial charge in [-0.25, -0.2) is 8.42 Å². The third kappa shape index (κ3) is 10.3. The van der Waals surface area contributed by atoms with Crippen molar-refractivity contribution in [2.75, 3.05) is 44.6 Å². The Morgan fingerprint density at radius 2 is 1.72 bits per heavy atom. The van der Waals surface area contributed by atoms with Gasteiger partial charge in [-0.2, -0.15) is 0 Å². The number of carbonyl (C=O) groups is 1. The minimum atomic E-state index is -3.94. The lowest BCUT2D eigenvalue weighted by Crippen LogP contribution is -2.47. The van der Waals surface area contributed by atoms with Gasteiger partial charge in [-0.05, 0) is 101 Å². The highest BCUT2D eigenvalue weighted by Crippen LogP contribution is 2.30. The number of nitrogens with one attached hydrogen (secondary N) is 1. The van der Waals surface area contributed by atoms with Gasteiger partial charge in [0.2, 0.25) is 0 Å². The molecular weight excluding hydrogens is 626 g/mol. The highest BCUT2D eigenvalue weighted by Gasteiger charge is 2.31. The summed E-state index contributed by atoms with van der Waals surface area (Å²) in [5.74, 6) is 0.732. The first-order chi connectivity index (χ1) is 22.0. The number of hydrogen-bond acceptors (Lipinski definition) is 7. The molecule has 1 heterocycles. The van der Waals surface area contributed by atoms with Crippen LogP contribution in [0, 0.1) is 11.8 Å². The monoisotopic (exact) mass is 677 g/mol. The Labute approximate surface area is 280 Å². The Morgan fingerprint density at radius 1 is 1.02 bits per heavy atom. The lowest BCUT2D eigenvalue weighted by atomic mass is 9.89. The van der Waals surface area contributed by atoms with Gasteiger partial charge in [-0.15, -0.1) is 0 Å². The van der Waals surface area contributed by atoms with Crippen molar-refractivity contribution in [3.63, 3.8) is 0 Å². The molecule has 0 bridgehead atoms. The van der Waals surface area contributed by atoms with E-state index in [1.807, 2.05) is 13.8 Å². The molecule has 1 fully saturated rings. The molecule has 4 atom stereocenters. The van der Waals surface area contributed by atoms with Crippen LogP contribution >= 0.6 is 11.6 Å². The summed E-state index contributed by atoms with van der Waals surface area (Å²) in [6.07, 6.45) is 8.82. The number of benzene rings is 2. The summed E-state index contributed by atoms with van der Waals surface area (Å²) in [5, 5.41) is 10.7. The number of aliphatic hydroxyl groups is 1. The van der Waals surface area contributed by atoms with E-state index in [0.717, 1.165) is 32.4 Å². The number of ether oxygens (including phenoxy) is 2. The predicted octanol–water partition coefficient (Wildman–Crippen LogP) is 6.45. The summed E-state index contributed by atoms with van der Waals surface area (Å²) >= 11 is 5.96. The maximum absolute atomic E-state index is 14.4. The van der Waals surface area contributed by atoms with Crippen LogP contribution in [0.4, 0.5) is 5.69 Å². The second-order valence-corrected chi connectivity index (χ2v) is 15.4. The van der Waals surface area contributed by atoms with Gasteiger partial charge in [0.1, 0.15) is 5.75 Å². The molecule has 0 saturated heterocycles. The molecule has 9 nitrogen and oxygen atoms in total. The van der Waals surface area contributed by atoms with Crippen molar-refractivity contribution in [2.45, 2.75) is 95.3 Å². The zero-order chi connectivity index (χ0) is 33.3. The van der Waals surface area contributed by atoms with E-state index < -0.39 is 16.1 Å². The number of hydrogen-bond donors (Lipinski definition) is 2. The Bertz CT molecular complexity index is 1370. The van der Waals surface area contributed by atoms with E-state index in [1.54, 1.807) is 17.0 Å². The summed E-state index contributed by atoms with van der Waals surface area (Å²) in [4.78, 5) is 18.5. The Hall–Kier alpha value is -2.37. The number of sulfonamides is 1. The summed E-state index contributed by atoms with van der Waals surface area (Å²) in [5.41, 5.74) is 0.467. The fourth-order valence-corrected chi connectivity index (χ4v) is 7.64. The van der Waals surface area contributed by atoms with Crippen LogP contribution in [0.3, 0.4) is 0 Å². The second-order valence-electron chi connectivity index (χ2n) is 13.3. The van der Waals surface area contributed by atoms with Crippen molar-refractivity contribution in [2.24, 2.45) is 11.8 Å². The first kappa shape index (κ1) is 36.5. The normalized spacial score (nSPS) is 23.3. The average molecular weight is 678 g/mol. The van der Waals surface area contributed by atoms with Crippen LogP contribution in [-0.2, 0) is 14.8 Å². The van der Waals surface area contributed by atoms with E-state index in [-0.39, 0.29) is 46.8 Å². The third-order valence-corrected chi connectivity index (χ3v) is 10.9. The van der Waals surface area contributed by atoms with Gasteiger partial charge in [0.15, 0.2) is 0 Å². The van der Waals surface area contributed by atoms with E-state index in [9.17, 15) is 18.3 Å². The summed E-state index contributed by atoms with van der Waals surface area (Å²) in [7, 11) is -1.78. The number of anilines is 1. The number of halogens is 1. The number of fused-ring (bicyclic) bond motifs is 1. The lowest BCUT2D eigenvalue weighted by molar-refractivity contribution is -0.0190. The molecule has 46 heavy (non-hydrogen) atoms. The number of rotatable bonds is 9. The second kappa shape index (κ2) is 17.2. The maximum atomic E-state index is 14.4. The van der Waals surface area contributed by atoms with Gasteiger partial charge < -0.3 is 24.4 Å². The molecule has 1 amide bonds. The van der Waals surface area contributed by atoms with Gasteiger partial charge in [0, 0.05) is 42.9 Å². The number of carbonyl (C=O) groups excluding carboxylic acids is 1. The molecule has 0 spiro atoms. The molecule has 2 aromatic carbocycles. The Kier molecular flexibility index (Phi) is 13.6. The molecule has 4 rings (SSSR count). The summed E-state index contributed by atoms with van der Waals surface area (Å²) in [6, 6.07) is 10.2. The molecule has 2 aliphatic rings. The molecule has 2 aromatic rings. The average Bonchev–Trinajstić information content (AvgIpc) is 3.03. The first-order valence-electron chi connectivity index (χ1n) is 16.8. The maximum Gasteiger partial charge on any atom is 0.261 e. The Balaban J connectivity index is 1.62. The molecule has 256 valence electrons. The van der Waals surface area contributed by atoms with Crippen LogP contribution < -0.4 is 9.46 Å². The number of aliphatic hydroxyl groups excluding tert-OH is 1. The van der Waals surface area contributed by atoms with Crippen LogP contribution in [0.15, 0.2) is 47.4 Å². The Morgan fingerprint density at radius 3 is 2.41 bits per heavy atom. The van der Waals surface area contributed by atoms with Gasteiger partial charge in [-0.1, -0.05) is 37.8 Å². The van der Waals surface area contributed by atoms with E-state index in [2.05, 4.69) is 23.6 Å². The number of amides is 1. The van der Waals surface area contributed by atoms with Gasteiger partial charge in [0.25, 0.3) is 15.9 Å². The topological polar surface area (TPSA) is 108 Å². The molecule has 0 aromatic heterocycles. The van der Waals surface area contributed by atoms with Crippen LogP contribution in [0.25, 0.3) is 0 Å². The fourth-order valence-electron chi connectivity index (χ4n) is 6.47. The molecule has 0 radical (unpaired) electrons. The molecule has 2 N–H and O–H groups in total. The van der Waals surface area contributed by atoms with Gasteiger partial charge >= 0.3 is 0 Å². The largest absolute Gasteiger partial charge is 0.490 e. The standard InChI is InChI=1S/C35H52ClN3O6S/c1-25-21-39(26(2)24-40)35(41)32-20-30(37-46(42,43)31-16-13-29(36)14-17-31)15-18-33(32)45-27(3)10-8-9-19-44-34(25)23-38(4)22-28-11-6-5-7-12-28/h13-18,20,25-28,34,37,40H,5-12,19,21-24H2,1-4H3/t25-,26+,27+,34-/m1/s1. The fraction of sp³-hybridized carbons (Fsp3) is 0.629. The van der Waals surface area contributed by atoms with Crippen molar-refractivity contribution in [1.82, 2.24) is 9.80 Å².